The number of carboxylic acids is 1. The van der Waals surface area contributed by atoms with Gasteiger partial charge in [-0.15, -0.1) is 11.3 Å². The summed E-state index contributed by atoms with van der Waals surface area (Å²) < 4.78 is 17.2. The van der Waals surface area contributed by atoms with E-state index in [0.717, 1.165) is 62.0 Å². The van der Waals surface area contributed by atoms with Crippen molar-refractivity contribution in [2.75, 3.05) is 0 Å². The standard InChI is InChI=1S/C34H28FN3O2S/c35-26-8-4-7-23(18-26)27-11-9-24-17-25(10-12-28(24)37-27)32-31(22-5-2-1-3-6-22)33-29(19-30(41-33)34(39)40)38(32)20-21-13-15-36-16-14-21/h4,7-19,22H,1-3,5-6,20H2,(H,39,40). The molecule has 0 radical (unpaired) electrons. The molecular formula is C34H28FN3O2S. The number of aromatic carboxylic acids is 1. The molecule has 7 rings (SSSR count). The fourth-order valence-corrected chi connectivity index (χ4v) is 7.38. The zero-order valence-electron chi connectivity index (χ0n) is 22.4. The molecule has 204 valence electrons. The van der Waals surface area contributed by atoms with E-state index >= 15 is 0 Å². The molecule has 5 nitrogen and oxygen atoms in total. The average molecular weight is 562 g/mol. The Bertz CT molecular complexity index is 1900. The molecule has 41 heavy (non-hydrogen) atoms. The summed E-state index contributed by atoms with van der Waals surface area (Å²) in [7, 11) is 0. The van der Waals surface area contributed by atoms with Crippen LogP contribution in [0.15, 0.2) is 85.2 Å². The quantitative estimate of drug-likeness (QED) is 0.220. The first kappa shape index (κ1) is 25.6. The molecule has 4 aromatic heterocycles. The van der Waals surface area contributed by atoms with E-state index in [4.69, 9.17) is 4.98 Å². The summed E-state index contributed by atoms with van der Waals surface area (Å²) in [6.45, 7) is 0.617. The first-order valence-corrected chi connectivity index (χ1v) is 14.8. The Labute approximate surface area is 240 Å². The molecule has 0 aliphatic heterocycles. The van der Waals surface area contributed by atoms with E-state index in [0.29, 0.717) is 17.3 Å². The second-order valence-electron chi connectivity index (χ2n) is 10.8. The molecule has 7 heteroatoms. The summed E-state index contributed by atoms with van der Waals surface area (Å²) in [5.41, 5.74) is 7.92. The number of pyridine rings is 2. The number of fused-ring (bicyclic) bond motifs is 2. The molecule has 0 unspecified atom stereocenters. The van der Waals surface area contributed by atoms with Gasteiger partial charge in [0, 0.05) is 29.9 Å². The monoisotopic (exact) mass is 561 g/mol. The molecule has 0 saturated heterocycles. The number of aromatic nitrogens is 3. The van der Waals surface area contributed by atoms with Crippen molar-refractivity contribution in [3.8, 4) is 22.5 Å². The average Bonchev–Trinajstić information content (AvgIpc) is 3.56. The Morgan fingerprint density at radius 3 is 2.56 bits per heavy atom. The topological polar surface area (TPSA) is 68.0 Å². The minimum Gasteiger partial charge on any atom is -0.477 e. The van der Waals surface area contributed by atoms with Gasteiger partial charge in [0.15, 0.2) is 0 Å². The molecule has 6 aromatic rings. The molecule has 1 aliphatic rings. The van der Waals surface area contributed by atoms with Gasteiger partial charge in [0.05, 0.1) is 27.1 Å². The maximum Gasteiger partial charge on any atom is 0.345 e. The number of rotatable bonds is 6. The first-order chi connectivity index (χ1) is 20.0. The van der Waals surface area contributed by atoms with Gasteiger partial charge < -0.3 is 9.67 Å². The zero-order valence-corrected chi connectivity index (χ0v) is 23.2. The van der Waals surface area contributed by atoms with Crippen LogP contribution in [0.5, 0.6) is 0 Å². The third kappa shape index (κ3) is 4.80. The van der Waals surface area contributed by atoms with E-state index in [1.54, 1.807) is 18.5 Å². The van der Waals surface area contributed by atoms with Gasteiger partial charge >= 0.3 is 5.97 Å². The Kier molecular flexibility index (Phi) is 6.59. The summed E-state index contributed by atoms with van der Waals surface area (Å²) in [6.07, 6.45) is 9.41. The van der Waals surface area contributed by atoms with Crippen molar-refractivity contribution in [2.45, 2.75) is 44.6 Å². The third-order valence-corrected chi connectivity index (χ3v) is 9.32. The Hall–Kier alpha value is -4.36. The highest BCUT2D eigenvalue weighted by molar-refractivity contribution is 7.21. The van der Waals surface area contributed by atoms with Crippen molar-refractivity contribution in [3.05, 3.63) is 107 Å². The normalized spacial score (nSPS) is 14.2. The van der Waals surface area contributed by atoms with Crippen LogP contribution in [-0.4, -0.2) is 25.6 Å². The number of hydrogen-bond donors (Lipinski definition) is 1. The van der Waals surface area contributed by atoms with Crippen LogP contribution in [0.3, 0.4) is 0 Å². The summed E-state index contributed by atoms with van der Waals surface area (Å²) >= 11 is 1.39. The van der Waals surface area contributed by atoms with E-state index < -0.39 is 5.97 Å². The van der Waals surface area contributed by atoms with Crippen LogP contribution >= 0.6 is 11.3 Å². The molecule has 0 atom stereocenters. The predicted octanol–water partition coefficient (Wildman–Crippen LogP) is 8.91. The number of thiophene rings is 1. The Morgan fingerprint density at radius 2 is 1.78 bits per heavy atom. The fourth-order valence-electron chi connectivity index (χ4n) is 6.25. The number of carbonyl (C=O) groups is 1. The van der Waals surface area contributed by atoms with Gasteiger partial charge in [0.25, 0.3) is 0 Å². The smallest absolute Gasteiger partial charge is 0.345 e. The lowest BCUT2D eigenvalue weighted by Crippen LogP contribution is -2.08. The molecule has 0 bridgehead atoms. The van der Waals surface area contributed by atoms with Crippen LogP contribution in [0, 0.1) is 5.82 Å². The van der Waals surface area contributed by atoms with Crippen molar-refractivity contribution in [1.82, 2.24) is 14.5 Å². The van der Waals surface area contributed by atoms with Crippen molar-refractivity contribution >= 4 is 38.4 Å². The van der Waals surface area contributed by atoms with E-state index in [1.807, 2.05) is 42.5 Å². The van der Waals surface area contributed by atoms with Crippen LogP contribution < -0.4 is 0 Å². The molecule has 0 spiro atoms. The van der Waals surface area contributed by atoms with E-state index in [1.165, 1.54) is 48.3 Å². The van der Waals surface area contributed by atoms with Crippen molar-refractivity contribution < 1.29 is 14.3 Å². The maximum atomic E-state index is 13.9. The predicted molar refractivity (Wildman–Crippen MR) is 162 cm³/mol. The Morgan fingerprint density at radius 1 is 0.951 bits per heavy atom. The van der Waals surface area contributed by atoms with E-state index in [9.17, 15) is 14.3 Å². The Balaban J connectivity index is 1.43. The highest BCUT2D eigenvalue weighted by Gasteiger charge is 2.29. The van der Waals surface area contributed by atoms with Crippen molar-refractivity contribution in [3.63, 3.8) is 0 Å². The lowest BCUT2D eigenvalue weighted by molar-refractivity contribution is 0.0702. The molecule has 1 N–H and O–H groups in total. The van der Waals surface area contributed by atoms with Crippen LogP contribution in [0.4, 0.5) is 4.39 Å². The van der Waals surface area contributed by atoms with Gasteiger partial charge in [-0.1, -0.05) is 43.5 Å². The number of nitrogens with zero attached hydrogens (tertiary/aromatic N) is 3. The number of hydrogen-bond acceptors (Lipinski definition) is 4. The lowest BCUT2D eigenvalue weighted by atomic mass is 9.83. The minimum absolute atomic E-state index is 0.282. The zero-order chi connectivity index (χ0) is 27.9. The summed E-state index contributed by atoms with van der Waals surface area (Å²) in [5, 5.41) is 10.9. The van der Waals surface area contributed by atoms with Gasteiger partial charge in [0.2, 0.25) is 0 Å². The van der Waals surface area contributed by atoms with Crippen LogP contribution in [0.25, 0.3) is 43.6 Å². The highest BCUT2D eigenvalue weighted by Crippen LogP contribution is 2.47. The molecule has 0 amide bonds. The van der Waals surface area contributed by atoms with Crippen LogP contribution in [0.2, 0.25) is 0 Å². The largest absolute Gasteiger partial charge is 0.477 e. The maximum absolute atomic E-state index is 13.9. The van der Waals surface area contributed by atoms with Crippen molar-refractivity contribution in [1.29, 1.82) is 0 Å². The summed E-state index contributed by atoms with van der Waals surface area (Å²) in [4.78, 5) is 21.4. The van der Waals surface area contributed by atoms with E-state index in [-0.39, 0.29) is 5.82 Å². The van der Waals surface area contributed by atoms with Gasteiger partial charge in [-0.25, -0.2) is 14.2 Å². The first-order valence-electron chi connectivity index (χ1n) is 14.0. The molecule has 1 fully saturated rings. The summed E-state index contributed by atoms with van der Waals surface area (Å²) in [6, 6.07) is 22.7. The number of benzene rings is 2. The van der Waals surface area contributed by atoms with E-state index in [2.05, 4.69) is 21.7 Å². The van der Waals surface area contributed by atoms with Crippen LogP contribution in [-0.2, 0) is 6.54 Å². The van der Waals surface area contributed by atoms with Crippen LogP contribution in [0.1, 0.15) is 58.8 Å². The number of halogens is 1. The third-order valence-electron chi connectivity index (χ3n) is 8.17. The van der Waals surface area contributed by atoms with Gasteiger partial charge in [-0.05, 0) is 84.0 Å². The fraction of sp³-hybridized carbons (Fsp3) is 0.206. The van der Waals surface area contributed by atoms with Gasteiger partial charge in [-0.2, -0.15) is 0 Å². The highest BCUT2D eigenvalue weighted by atomic mass is 32.1. The minimum atomic E-state index is -0.885. The molecule has 2 aromatic carbocycles. The number of carboxylic acid groups (broad SMARTS) is 1. The second kappa shape index (κ2) is 10.6. The molecule has 1 aliphatic carbocycles. The summed E-state index contributed by atoms with van der Waals surface area (Å²) in [5.74, 6) is -0.788. The van der Waals surface area contributed by atoms with Gasteiger partial charge in [-0.3, -0.25) is 4.98 Å². The van der Waals surface area contributed by atoms with Gasteiger partial charge in [0.1, 0.15) is 10.7 Å². The molecule has 1 saturated carbocycles. The molecule has 4 heterocycles. The second-order valence-corrected chi connectivity index (χ2v) is 11.8. The SMILES string of the molecule is O=C(O)c1cc2c(s1)c(C1CCCCC1)c(-c1ccc3nc(-c4cccc(F)c4)ccc3c1)n2Cc1ccncc1. The molecular weight excluding hydrogens is 533 g/mol. The van der Waals surface area contributed by atoms with Crippen molar-refractivity contribution in [2.24, 2.45) is 0 Å². The lowest BCUT2D eigenvalue weighted by Gasteiger charge is -2.24.